The Kier molecular flexibility index (Phi) is 4.01. The normalized spacial score (nSPS) is 10.7. The van der Waals surface area contributed by atoms with Crippen LogP contribution < -0.4 is 5.32 Å². The molecule has 2 aromatic heterocycles. The second kappa shape index (κ2) is 6.61. The molecule has 0 bridgehead atoms. The molecule has 4 heteroatoms. The first-order valence-corrected chi connectivity index (χ1v) is 8.04. The number of rotatable bonds is 4. The molecule has 0 radical (unpaired) electrons. The molecule has 0 unspecified atom stereocenters. The lowest BCUT2D eigenvalue weighted by Gasteiger charge is -2.09. The molecule has 25 heavy (non-hydrogen) atoms. The van der Waals surface area contributed by atoms with Gasteiger partial charge in [-0.3, -0.25) is 9.78 Å². The van der Waals surface area contributed by atoms with E-state index in [0.29, 0.717) is 12.1 Å². The third kappa shape index (κ3) is 3.15. The van der Waals surface area contributed by atoms with Gasteiger partial charge in [-0.05, 0) is 34.5 Å². The van der Waals surface area contributed by atoms with E-state index in [0.717, 1.165) is 27.5 Å². The van der Waals surface area contributed by atoms with E-state index in [9.17, 15) is 4.79 Å². The summed E-state index contributed by atoms with van der Waals surface area (Å²) >= 11 is 0. The van der Waals surface area contributed by atoms with E-state index in [-0.39, 0.29) is 5.91 Å². The van der Waals surface area contributed by atoms with Crippen molar-refractivity contribution < 1.29 is 9.21 Å². The Labute approximate surface area is 145 Å². The van der Waals surface area contributed by atoms with Gasteiger partial charge in [-0.25, -0.2) is 0 Å². The molecule has 1 N–H and O–H groups in total. The van der Waals surface area contributed by atoms with E-state index >= 15 is 0 Å². The molecule has 1 amide bonds. The molecular weight excluding hydrogens is 312 g/mol. The van der Waals surface area contributed by atoms with Crippen molar-refractivity contribution in [2.75, 3.05) is 0 Å². The Morgan fingerprint density at radius 2 is 1.88 bits per heavy atom. The predicted molar refractivity (Wildman–Crippen MR) is 97.1 cm³/mol. The second-order valence-electron chi connectivity index (χ2n) is 5.80. The number of furan rings is 1. The summed E-state index contributed by atoms with van der Waals surface area (Å²) < 4.78 is 5.11. The molecule has 122 valence electrons. The highest BCUT2D eigenvalue weighted by molar-refractivity contribution is 6.06. The predicted octanol–water partition coefficient (Wildman–Crippen LogP) is 4.42. The first-order chi connectivity index (χ1) is 12.3. The number of fused-ring (bicyclic) bond motifs is 1. The molecule has 0 saturated carbocycles. The first-order valence-electron chi connectivity index (χ1n) is 8.04. The molecule has 0 aliphatic heterocycles. The maximum atomic E-state index is 12.6. The quantitative estimate of drug-likeness (QED) is 0.603. The molecule has 4 nitrogen and oxygen atoms in total. The molecule has 0 spiro atoms. The molecule has 0 fully saturated rings. The number of nitrogens with zero attached hydrogens (tertiary/aromatic N) is 1. The van der Waals surface area contributed by atoms with Crippen molar-refractivity contribution in [3.05, 3.63) is 90.6 Å². The highest BCUT2D eigenvalue weighted by atomic mass is 16.3. The van der Waals surface area contributed by atoms with Crippen molar-refractivity contribution in [1.29, 1.82) is 0 Å². The summed E-state index contributed by atoms with van der Waals surface area (Å²) in [6, 6.07) is 17.5. The molecule has 0 aliphatic rings. The van der Waals surface area contributed by atoms with Crippen LogP contribution in [-0.2, 0) is 6.54 Å². The van der Waals surface area contributed by atoms with Crippen molar-refractivity contribution >= 4 is 16.7 Å². The lowest BCUT2D eigenvalue weighted by molar-refractivity contribution is 0.0952. The van der Waals surface area contributed by atoms with Crippen molar-refractivity contribution in [2.45, 2.75) is 6.54 Å². The number of aromatic nitrogens is 1. The van der Waals surface area contributed by atoms with Crippen LogP contribution in [0.3, 0.4) is 0 Å². The second-order valence-corrected chi connectivity index (χ2v) is 5.80. The van der Waals surface area contributed by atoms with Gasteiger partial charge >= 0.3 is 0 Å². The number of nitrogens with one attached hydrogen (secondary N) is 1. The summed E-state index contributed by atoms with van der Waals surface area (Å²) in [5.41, 5.74) is 3.55. The average Bonchev–Trinajstić information content (AvgIpc) is 3.21. The van der Waals surface area contributed by atoms with Gasteiger partial charge in [-0.15, -0.1) is 0 Å². The summed E-state index contributed by atoms with van der Waals surface area (Å²) in [4.78, 5) is 16.8. The Morgan fingerprint density at radius 1 is 1.00 bits per heavy atom. The van der Waals surface area contributed by atoms with Crippen molar-refractivity contribution in [2.24, 2.45) is 0 Å². The zero-order chi connectivity index (χ0) is 17.1. The smallest absolute Gasteiger partial charge is 0.252 e. The van der Waals surface area contributed by atoms with Crippen LogP contribution in [0.4, 0.5) is 0 Å². The van der Waals surface area contributed by atoms with E-state index in [1.807, 2.05) is 54.6 Å². The van der Waals surface area contributed by atoms with Crippen LogP contribution in [0, 0.1) is 0 Å². The lowest BCUT2D eigenvalue weighted by atomic mass is 10.0. The minimum atomic E-state index is -0.0921. The van der Waals surface area contributed by atoms with Gasteiger partial charge in [0.15, 0.2) is 0 Å². The minimum absolute atomic E-state index is 0.0921. The summed E-state index contributed by atoms with van der Waals surface area (Å²) in [5, 5.41) is 4.98. The van der Waals surface area contributed by atoms with Crippen LogP contribution in [0.15, 0.2) is 83.9 Å². The Balaban J connectivity index is 1.53. The Bertz CT molecular complexity index is 1020. The number of pyridine rings is 1. The van der Waals surface area contributed by atoms with Crippen molar-refractivity contribution in [3.63, 3.8) is 0 Å². The van der Waals surface area contributed by atoms with Gasteiger partial charge in [0.2, 0.25) is 0 Å². The van der Waals surface area contributed by atoms with E-state index in [4.69, 9.17) is 4.42 Å². The van der Waals surface area contributed by atoms with Gasteiger partial charge in [0, 0.05) is 35.6 Å². The van der Waals surface area contributed by atoms with Crippen LogP contribution in [0.5, 0.6) is 0 Å². The third-order valence-corrected chi connectivity index (χ3v) is 4.14. The fourth-order valence-electron chi connectivity index (χ4n) is 2.87. The molecule has 0 atom stereocenters. The number of benzene rings is 2. The van der Waals surface area contributed by atoms with Gasteiger partial charge in [-0.2, -0.15) is 0 Å². The van der Waals surface area contributed by atoms with E-state index in [1.54, 1.807) is 24.9 Å². The third-order valence-electron chi connectivity index (χ3n) is 4.14. The number of hydrogen-bond acceptors (Lipinski definition) is 3. The number of hydrogen-bond donors (Lipinski definition) is 1. The van der Waals surface area contributed by atoms with E-state index in [2.05, 4.69) is 10.3 Å². The number of amides is 1. The molecule has 2 aromatic carbocycles. The van der Waals surface area contributed by atoms with Gasteiger partial charge in [0.05, 0.1) is 12.5 Å². The van der Waals surface area contributed by atoms with Crippen LogP contribution in [0.1, 0.15) is 15.9 Å². The maximum Gasteiger partial charge on any atom is 0.252 e. The zero-order valence-corrected chi connectivity index (χ0v) is 13.5. The van der Waals surface area contributed by atoms with Gasteiger partial charge in [0.25, 0.3) is 5.91 Å². The van der Waals surface area contributed by atoms with Crippen LogP contribution in [0.25, 0.3) is 21.9 Å². The highest BCUT2D eigenvalue weighted by Crippen LogP contribution is 2.20. The average molecular weight is 328 g/mol. The summed E-state index contributed by atoms with van der Waals surface area (Å²) in [5.74, 6) is -0.0921. The molecule has 0 saturated heterocycles. The fraction of sp³-hybridized carbons (Fsp3) is 0.0476. The van der Waals surface area contributed by atoms with Gasteiger partial charge in [-0.1, -0.05) is 36.4 Å². The molecular formula is C21H16N2O2. The summed E-state index contributed by atoms with van der Waals surface area (Å²) in [6.45, 7) is 0.417. The largest absolute Gasteiger partial charge is 0.472 e. The van der Waals surface area contributed by atoms with Gasteiger partial charge in [0.1, 0.15) is 0 Å². The van der Waals surface area contributed by atoms with E-state index < -0.39 is 0 Å². The number of carbonyl (C=O) groups excluding carboxylic acids is 1. The maximum absolute atomic E-state index is 12.6. The Hall–Kier alpha value is -3.40. The topological polar surface area (TPSA) is 55.1 Å². The zero-order valence-electron chi connectivity index (χ0n) is 13.5. The molecule has 0 aliphatic carbocycles. The number of carbonyl (C=O) groups is 1. The monoisotopic (exact) mass is 328 g/mol. The standard InChI is InChI=1S/C21H16N2O2/c24-21(20-7-3-5-16-4-1-2-6-19(16)20)23-12-15-10-18(13-22-11-15)17-8-9-25-14-17/h1-11,13-14H,12H2,(H,23,24). The van der Waals surface area contributed by atoms with Crippen molar-refractivity contribution in [3.8, 4) is 11.1 Å². The Morgan fingerprint density at radius 3 is 2.76 bits per heavy atom. The SMILES string of the molecule is O=C(NCc1cncc(-c2ccoc2)c1)c1cccc2ccccc12. The highest BCUT2D eigenvalue weighted by Gasteiger charge is 2.09. The summed E-state index contributed by atoms with van der Waals surface area (Å²) in [6.07, 6.45) is 6.84. The fourth-order valence-corrected chi connectivity index (χ4v) is 2.87. The minimum Gasteiger partial charge on any atom is -0.472 e. The van der Waals surface area contributed by atoms with Crippen LogP contribution in [-0.4, -0.2) is 10.9 Å². The molecule has 4 aromatic rings. The summed E-state index contributed by atoms with van der Waals surface area (Å²) in [7, 11) is 0. The van der Waals surface area contributed by atoms with Crippen LogP contribution >= 0.6 is 0 Å². The molecule has 2 heterocycles. The molecule has 4 rings (SSSR count). The van der Waals surface area contributed by atoms with Gasteiger partial charge < -0.3 is 9.73 Å². The van der Waals surface area contributed by atoms with Crippen LogP contribution in [0.2, 0.25) is 0 Å². The first kappa shape index (κ1) is 15.1. The van der Waals surface area contributed by atoms with E-state index in [1.165, 1.54) is 0 Å². The van der Waals surface area contributed by atoms with Crippen molar-refractivity contribution in [1.82, 2.24) is 10.3 Å². The lowest BCUT2D eigenvalue weighted by Crippen LogP contribution is -2.23.